The van der Waals surface area contributed by atoms with Crippen molar-refractivity contribution in [1.82, 2.24) is 5.32 Å². The highest BCUT2D eigenvalue weighted by molar-refractivity contribution is 9.10. The summed E-state index contributed by atoms with van der Waals surface area (Å²) in [5, 5.41) is 14.5. The SMILES string of the molecule is O=C(Nc1ccc(Br)c(C(=O)NCC2CC2C(=O)O)c1)OCC1c2ccccc2-c2ccccc21. The summed E-state index contributed by atoms with van der Waals surface area (Å²) < 4.78 is 6.15. The quantitative estimate of drug-likeness (QED) is 0.383. The summed E-state index contributed by atoms with van der Waals surface area (Å²) in [5.74, 6) is -1.65. The zero-order valence-electron chi connectivity index (χ0n) is 18.7. The summed E-state index contributed by atoms with van der Waals surface area (Å²) in [5.41, 5.74) is 5.33. The number of nitrogens with one attached hydrogen (secondary N) is 2. The number of carbonyl (C=O) groups is 3. The Bertz CT molecular complexity index is 1280. The fourth-order valence-corrected chi connectivity index (χ4v) is 5.05. The van der Waals surface area contributed by atoms with Gasteiger partial charge in [0.05, 0.1) is 11.5 Å². The predicted molar refractivity (Wildman–Crippen MR) is 134 cm³/mol. The second-order valence-electron chi connectivity index (χ2n) is 8.80. The van der Waals surface area contributed by atoms with Crippen molar-refractivity contribution in [3.8, 4) is 11.1 Å². The van der Waals surface area contributed by atoms with Gasteiger partial charge < -0.3 is 15.2 Å². The minimum atomic E-state index is -0.834. The Morgan fingerprint density at radius 1 is 0.971 bits per heavy atom. The summed E-state index contributed by atoms with van der Waals surface area (Å²) in [4.78, 5) is 36.2. The molecular weight excluding hydrogens is 512 g/mol. The van der Waals surface area contributed by atoms with Crippen molar-refractivity contribution in [2.75, 3.05) is 18.5 Å². The smallest absolute Gasteiger partial charge is 0.411 e. The van der Waals surface area contributed by atoms with Crippen molar-refractivity contribution in [2.24, 2.45) is 11.8 Å². The molecule has 0 spiro atoms. The van der Waals surface area contributed by atoms with Crippen LogP contribution in [0.1, 0.15) is 33.8 Å². The molecule has 2 atom stereocenters. The molecule has 8 heteroatoms. The molecule has 0 saturated heterocycles. The third kappa shape index (κ3) is 4.79. The van der Waals surface area contributed by atoms with Gasteiger partial charge in [-0.3, -0.25) is 14.9 Å². The summed E-state index contributed by atoms with van der Waals surface area (Å²) in [6.45, 7) is 0.488. The Balaban J connectivity index is 1.21. The highest BCUT2D eigenvalue weighted by Gasteiger charge is 2.43. The van der Waals surface area contributed by atoms with Crippen LogP contribution in [0.15, 0.2) is 71.2 Å². The normalized spacial score (nSPS) is 17.7. The maximum absolute atomic E-state index is 12.6. The number of carboxylic acid groups (broad SMARTS) is 1. The number of rotatable bonds is 7. The number of carbonyl (C=O) groups excluding carboxylic acids is 2. The van der Waals surface area contributed by atoms with E-state index in [0.717, 1.165) is 22.3 Å². The van der Waals surface area contributed by atoms with E-state index in [-0.39, 0.29) is 30.3 Å². The maximum Gasteiger partial charge on any atom is 0.411 e. The topological polar surface area (TPSA) is 105 Å². The van der Waals surface area contributed by atoms with Crippen LogP contribution in [0, 0.1) is 11.8 Å². The molecule has 2 unspecified atom stereocenters. The Hall–Kier alpha value is -3.65. The average Bonchev–Trinajstić information content (AvgIpc) is 3.58. The monoisotopic (exact) mass is 534 g/mol. The van der Waals surface area contributed by atoms with Crippen molar-refractivity contribution in [1.29, 1.82) is 0 Å². The molecule has 2 amide bonds. The van der Waals surface area contributed by atoms with Crippen LogP contribution >= 0.6 is 15.9 Å². The van der Waals surface area contributed by atoms with Crippen molar-refractivity contribution >= 4 is 39.6 Å². The van der Waals surface area contributed by atoms with E-state index in [4.69, 9.17) is 9.84 Å². The zero-order chi connectivity index (χ0) is 24.5. The standard InChI is InChI=1S/C27H23BrN2O5/c28-24-10-9-16(12-22(24)25(31)29-13-15-11-21(15)26(32)33)30-27(34)35-14-23-19-7-3-1-5-17(19)18-6-2-4-8-20(18)23/h1-10,12,15,21,23H,11,13-14H2,(H,29,31)(H,30,34)(H,32,33). The fourth-order valence-electron chi connectivity index (χ4n) is 4.62. The lowest BCUT2D eigenvalue weighted by molar-refractivity contribution is -0.138. The summed E-state index contributed by atoms with van der Waals surface area (Å²) in [7, 11) is 0. The van der Waals surface area contributed by atoms with Gasteiger partial charge >= 0.3 is 12.1 Å². The van der Waals surface area contributed by atoms with Gasteiger partial charge in [0.2, 0.25) is 0 Å². The number of ether oxygens (including phenoxy) is 1. The van der Waals surface area contributed by atoms with E-state index in [2.05, 4.69) is 50.8 Å². The molecule has 0 aromatic heterocycles. The van der Waals surface area contributed by atoms with Crippen LogP contribution in [0.4, 0.5) is 10.5 Å². The second-order valence-corrected chi connectivity index (χ2v) is 9.65. The molecule has 1 saturated carbocycles. The fraction of sp³-hybridized carbons (Fsp3) is 0.222. The van der Waals surface area contributed by atoms with Gasteiger partial charge in [0.25, 0.3) is 5.91 Å². The molecule has 178 valence electrons. The second kappa shape index (κ2) is 9.54. The van der Waals surface area contributed by atoms with Crippen LogP contribution in [0.5, 0.6) is 0 Å². The van der Waals surface area contributed by atoms with E-state index in [1.165, 1.54) is 0 Å². The Morgan fingerprint density at radius 2 is 1.63 bits per heavy atom. The summed E-state index contributed by atoms with van der Waals surface area (Å²) in [6.07, 6.45) is -0.0389. The predicted octanol–water partition coefficient (Wildman–Crippen LogP) is 5.26. The first-order valence-electron chi connectivity index (χ1n) is 11.3. The van der Waals surface area contributed by atoms with Crippen molar-refractivity contribution in [3.63, 3.8) is 0 Å². The molecule has 0 radical (unpaired) electrons. The lowest BCUT2D eigenvalue weighted by Gasteiger charge is -2.15. The lowest BCUT2D eigenvalue weighted by Crippen LogP contribution is -2.27. The average molecular weight is 535 g/mol. The number of halogens is 1. The first kappa shape index (κ1) is 23.1. The van der Waals surface area contributed by atoms with Crippen molar-refractivity contribution < 1.29 is 24.2 Å². The van der Waals surface area contributed by atoms with Crippen LogP contribution in [-0.2, 0) is 9.53 Å². The number of carboxylic acids is 1. The van der Waals surface area contributed by atoms with E-state index in [9.17, 15) is 14.4 Å². The molecule has 3 N–H and O–H groups in total. The van der Waals surface area contributed by atoms with Gasteiger partial charge in [-0.1, -0.05) is 48.5 Å². The number of anilines is 1. The highest BCUT2D eigenvalue weighted by Crippen LogP contribution is 2.44. The third-order valence-corrected chi connectivity index (χ3v) is 7.26. The van der Waals surface area contributed by atoms with Gasteiger partial charge in [-0.25, -0.2) is 4.79 Å². The minimum absolute atomic E-state index is 0.0441. The van der Waals surface area contributed by atoms with Gasteiger partial charge in [-0.2, -0.15) is 0 Å². The van der Waals surface area contributed by atoms with Crippen LogP contribution in [0.25, 0.3) is 11.1 Å². The van der Waals surface area contributed by atoms with Gasteiger partial charge in [0.1, 0.15) is 6.61 Å². The van der Waals surface area contributed by atoms with Gasteiger partial charge in [0, 0.05) is 22.6 Å². The van der Waals surface area contributed by atoms with Crippen LogP contribution < -0.4 is 10.6 Å². The molecule has 7 nitrogen and oxygen atoms in total. The number of benzene rings is 3. The lowest BCUT2D eigenvalue weighted by atomic mass is 9.98. The molecule has 0 heterocycles. The number of fused-ring (bicyclic) bond motifs is 3. The first-order valence-corrected chi connectivity index (χ1v) is 12.1. The molecule has 0 aliphatic heterocycles. The van der Waals surface area contributed by atoms with Crippen LogP contribution in [-0.4, -0.2) is 36.2 Å². The summed E-state index contributed by atoms with van der Waals surface area (Å²) >= 11 is 3.36. The van der Waals surface area contributed by atoms with Gasteiger partial charge in [-0.15, -0.1) is 0 Å². The number of aliphatic carboxylic acids is 1. The largest absolute Gasteiger partial charge is 0.481 e. The highest BCUT2D eigenvalue weighted by atomic mass is 79.9. The molecule has 3 aromatic carbocycles. The molecule has 2 aliphatic carbocycles. The van der Waals surface area contributed by atoms with E-state index < -0.39 is 12.1 Å². The summed E-state index contributed by atoms with van der Waals surface area (Å²) in [6, 6.07) is 21.1. The van der Waals surface area contributed by atoms with E-state index in [1.807, 2.05) is 24.3 Å². The number of hydrogen-bond acceptors (Lipinski definition) is 4. The molecule has 1 fully saturated rings. The zero-order valence-corrected chi connectivity index (χ0v) is 20.2. The number of hydrogen-bond donors (Lipinski definition) is 3. The maximum atomic E-state index is 12.6. The van der Waals surface area contributed by atoms with E-state index in [1.54, 1.807) is 18.2 Å². The number of amides is 2. The van der Waals surface area contributed by atoms with Gasteiger partial charge in [-0.05, 0) is 68.7 Å². The Labute approximate surface area is 210 Å². The van der Waals surface area contributed by atoms with Crippen LogP contribution in [0.3, 0.4) is 0 Å². The molecular formula is C27H23BrN2O5. The Morgan fingerprint density at radius 3 is 2.26 bits per heavy atom. The van der Waals surface area contributed by atoms with Crippen molar-refractivity contribution in [3.05, 3.63) is 87.9 Å². The minimum Gasteiger partial charge on any atom is -0.481 e. The Kier molecular flexibility index (Phi) is 6.30. The third-order valence-electron chi connectivity index (χ3n) is 6.57. The molecule has 5 rings (SSSR count). The molecule has 2 aliphatic rings. The van der Waals surface area contributed by atoms with Gasteiger partial charge in [0.15, 0.2) is 0 Å². The van der Waals surface area contributed by atoms with Crippen LogP contribution in [0.2, 0.25) is 0 Å². The molecule has 0 bridgehead atoms. The van der Waals surface area contributed by atoms with Crippen molar-refractivity contribution in [2.45, 2.75) is 12.3 Å². The van der Waals surface area contributed by atoms with E-state index >= 15 is 0 Å². The van der Waals surface area contributed by atoms with E-state index in [0.29, 0.717) is 28.7 Å². The molecule has 35 heavy (non-hydrogen) atoms. The first-order chi connectivity index (χ1) is 16.9. The molecule has 3 aromatic rings.